The summed E-state index contributed by atoms with van der Waals surface area (Å²) in [6.45, 7) is 3.37. The molecule has 0 aromatic heterocycles. The van der Waals surface area contributed by atoms with Gasteiger partial charge in [-0.3, -0.25) is 14.4 Å². The molecule has 0 radical (unpaired) electrons. The molecule has 0 heterocycles. The fraction of sp³-hybridized carbons (Fsp3) is 0.344. The van der Waals surface area contributed by atoms with E-state index in [0.717, 1.165) is 18.9 Å². The van der Waals surface area contributed by atoms with E-state index in [4.69, 9.17) is 11.6 Å². The van der Waals surface area contributed by atoms with Gasteiger partial charge >= 0.3 is 0 Å². The van der Waals surface area contributed by atoms with Crippen molar-refractivity contribution < 1.29 is 27.2 Å². The molecule has 2 N–H and O–H groups in total. The summed E-state index contributed by atoms with van der Waals surface area (Å²) in [7, 11) is -4.17. The maximum atomic E-state index is 15.4. The van der Waals surface area contributed by atoms with Crippen molar-refractivity contribution >= 4 is 52.0 Å². The molecule has 3 aromatic carbocycles. The first-order valence-electron chi connectivity index (χ1n) is 14.3. The number of amides is 3. The molecule has 3 rings (SSSR count). The predicted molar refractivity (Wildman–Crippen MR) is 173 cm³/mol. The van der Waals surface area contributed by atoms with Crippen molar-refractivity contribution in [2.75, 3.05) is 18.8 Å². The number of hydrogen-bond acceptors (Lipinski definition) is 6. The molecule has 0 aliphatic rings. The van der Waals surface area contributed by atoms with E-state index in [1.807, 2.05) is 23.8 Å². The van der Waals surface area contributed by atoms with Gasteiger partial charge in [0.25, 0.3) is 10.0 Å². The van der Waals surface area contributed by atoms with Crippen molar-refractivity contribution in [3.8, 4) is 11.1 Å². The first-order valence-corrected chi connectivity index (χ1v) is 16.8. The van der Waals surface area contributed by atoms with Crippen LogP contribution in [0.2, 0.25) is 5.02 Å². The Morgan fingerprint density at radius 1 is 1.05 bits per heavy atom. The Morgan fingerprint density at radius 2 is 1.80 bits per heavy atom. The Labute approximate surface area is 268 Å². The second kappa shape index (κ2) is 16.6. The number of nitrogens with zero attached hydrogens (tertiary/aromatic N) is 1. The maximum Gasteiger partial charge on any atom is 0.264 e. The summed E-state index contributed by atoms with van der Waals surface area (Å²) < 4.78 is 42.8. The number of thiol groups is 1. The van der Waals surface area contributed by atoms with Crippen LogP contribution < -0.4 is 10.0 Å². The molecule has 3 aromatic rings. The van der Waals surface area contributed by atoms with Crippen LogP contribution in [-0.4, -0.2) is 49.9 Å². The Hall–Kier alpha value is -3.41. The number of hydrogen-bond donors (Lipinski definition) is 3. The molecule has 0 aliphatic heterocycles. The van der Waals surface area contributed by atoms with Crippen LogP contribution in [-0.2, 0) is 37.4 Å². The SMILES string of the molecule is CCCCC(=O)N(CCNC(=O)[C@@H](CS)Cc1cccc(Cl)c1)Cc1ccc(-c2ccccc2S(=O)(=O)NC(C)=O)cc1F. The average molecular weight is 662 g/mol. The third-order valence-electron chi connectivity index (χ3n) is 6.92. The van der Waals surface area contributed by atoms with Gasteiger partial charge in [0.15, 0.2) is 0 Å². The van der Waals surface area contributed by atoms with Gasteiger partial charge in [0.2, 0.25) is 17.7 Å². The highest BCUT2D eigenvalue weighted by Gasteiger charge is 2.22. The lowest BCUT2D eigenvalue weighted by Gasteiger charge is -2.24. The van der Waals surface area contributed by atoms with Crippen molar-refractivity contribution in [1.29, 1.82) is 0 Å². The minimum Gasteiger partial charge on any atom is -0.354 e. The quantitative estimate of drug-likeness (QED) is 0.189. The van der Waals surface area contributed by atoms with Crippen LogP contribution in [0.15, 0.2) is 71.6 Å². The van der Waals surface area contributed by atoms with Crippen LogP contribution in [0.4, 0.5) is 4.39 Å². The van der Waals surface area contributed by atoms with E-state index in [1.54, 1.807) is 24.3 Å². The fourth-order valence-corrected chi connectivity index (χ4v) is 6.39. The first kappa shape index (κ1) is 35.1. The second-order valence-corrected chi connectivity index (χ2v) is 12.8. The van der Waals surface area contributed by atoms with Crippen molar-refractivity contribution in [1.82, 2.24) is 14.9 Å². The Morgan fingerprint density at radius 3 is 2.45 bits per heavy atom. The third-order valence-corrected chi connectivity index (χ3v) is 9.09. The van der Waals surface area contributed by atoms with Crippen LogP contribution >= 0.6 is 24.2 Å². The molecule has 1 atom stereocenters. The normalized spacial score (nSPS) is 11.9. The van der Waals surface area contributed by atoms with Crippen LogP contribution in [0.1, 0.15) is 44.2 Å². The number of benzene rings is 3. The summed E-state index contributed by atoms with van der Waals surface area (Å²) in [4.78, 5) is 38.7. The third kappa shape index (κ3) is 10.1. The lowest BCUT2D eigenvalue weighted by molar-refractivity contribution is -0.132. The minimum absolute atomic E-state index is 0.0329. The van der Waals surface area contributed by atoms with Gasteiger partial charge in [0.1, 0.15) is 5.82 Å². The van der Waals surface area contributed by atoms with Gasteiger partial charge < -0.3 is 10.2 Å². The zero-order valence-electron chi connectivity index (χ0n) is 24.7. The molecular formula is C32H37ClFN3O5S2. The van der Waals surface area contributed by atoms with Crippen LogP contribution in [0.25, 0.3) is 11.1 Å². The lowest BCUT2D eigenvalue weighted by Crippen LogP contribution is -2.40. The van der Waals surface area contributed by atoms with E-state index in [1.165, 1.54) is 35.2 Å². The Balaban J connectivity index is 1.75. The van der Waals surface area contributed by atoms with Gasteiger partial charge in [-0.2, -0.15) is 12.6 Å². The minimum atomic E-state index is -4.17. The van der Waals surface area contributed by atoms with Gasteiger partial charge in [0, 0.05) is 54.9 Å². The van der Waals surface area contributed by atoms with Gasteiger partial charge in [-0.1, -0.05) is 67.4 Å². The molecule has 0 unspecified atom stereocenters. The molecule has 0 aliphatic carbocycles. The van der Waals surface area contributed by atoms with E-state index in [-0.39, 0.29) is 53.9 Å². The number of unbranched alkanes of at least 4 members (excludes halogenated alkanes) is 1. The molecule has 3 amide bonds. The molecule has 44 heavy (non-hydrogen) atoms. The lowest BCUT2D eigenvalue weighted by atomic mass is 10.0. The smallest absolute Gasteiger partial charge is 0.264 e. The molecule has 8 nitrogen and oxygen atoms in total. The summed E-state index contributed by atoms with van der Waals surface area (Å²) in [5.41, 5.74) is 1.67. The zero-order chi connectivity index (χ0) is 32.3. The summed E-state index contributed by atoms with van der Waals surface area (Å²) in [5, 5.41) is 3.46. The van der Waals surface area contributed by atoms with Crippen LogP contribution in [0, 0.1) is 11.7 Å². The molecular weight excluding hydrogens is 625 g/mol. The average Bonchev–Trinajstić information content (AvgIpc) is 2.98. The monoisotopic (exact) mass is 661 g/mol. The van der Waals surface area contributed by atoms with Gasteiger partial charge in [0.05, 0.1) is 10.8 Å². The standard InChI is InChI=1S/C32H37ClFN3O5S2/c1-3-4-12-31(39)37(16-15-35-32(40)26(21-43)17-23-8-7-9-27(33)18-23)20-25-14-13-24(19-29(25)34)28-10-5-6-11-30(28)44(41,42)36-22(2)38/h5-11,13-14,18-19,26,43H,3-4,12,15-17,20-21H2,1-2H3,(H,35,40)(H,36,38)/t26-/m1/s1. The van der Waals surface area contributed by atoms with Gasteiger partial charge in [-0.25, -0.2) is 17.5 Å². The first-order chi connectivity index (χ1) is 20.9. The molecule has 0 fully saturated rings. The molecule has 0 spiro atoms. The number of halogens is 2. The predicted octanol–water partition coefficient (Wildman–Crippen LogP) is 5.39. The maximum absolute atomic E-state index is 15.4. The largest absolute Gasteiger partial charge is 0.354 e. The fourth-order valence-electron chi connectivity index (χ4n) is 4.66. The Kier molecular flexibility index (Phi) is 13.2. The second-order valence-electron chi connectivity index (χ2n) is 10.4. The van der Waals surface area contributed by atoms with E-state index in [2.05, 4.69) is 17.9 Å². The van der Waals surface area contributed by atoms with Crippen molar-refractivity contribution in [2.45, 2.75) is 51.0 Å². The highest BCUT2D eigenvalue weighted by Crippen LogP contribution is 2.29. The highest BCUT2D eigenvalue weighted by molar-refractivity contribution is 7.90. The van der Waals surface area contributed by atoms with E-state index >= 15 is 4.39 Å². The highest BCUT2D eigenvalue weighted by atomic mass is 35.5. The number of rotatable bonds is 15. The van der Waals surface area contributed by atoms with Gasteiger partial charge in [-0.15, -0.1) is 0 Å². The van der Waals surface area contributed by atoms with Crippen molar-refractivity contribution in [3.63, 3.8) is 0 Å². The van der Waals surface area contributed by atoms with Crippen molar-refractivity contribution in [3.05, 3.63) is 88.7 Å². The molecule has 0 saturated carbocycles. The zero-order valence-corrected chi connectivity index (χ0v) is 27.2. The molecule has 236 valence electrons. The van der Waals surface area contributed by atoms with Gasteiger partial charge in [-0.05, 0) is 48.2 Å². The summed E-state index contributed by atoms with van der Waals surface area (Å²) in [6, 6.07) is 17.6. The number of carbonyl (C=O) groups excluding carboxylic acids is 3. The molecule has 0 bridgehead atoms. The van der Waals surface area contributed by atoms with Crippen LogP contribution in [0.3, 0.4) is 0 Å². The molecule has 12 heteroatoms. The molecule has 0 saturated heterocycles. The van der Waals surface area contributed by atoms with E-state index in [9.17, 15) is 22.8 Å². The number of carbonyl (C=O) groups is 3. The summed E-state index contributed by atoms with van der Waals surface area (Å²) >= 11 is 10.4. The number of nitrogens with one attached hydrogen (secondary N) is 2. The summed E-state index contributed by atoms with van der Waals surface area (Å²) in [5.74, 6) is -1.81. The number of sulfonamides is 1. The van der Waals surface area contributed by atoms with E-state index < -0.39 is 27.7 Å². The topological polar surface area (TPSA) is 113 Å². The van der Waals surface area contributed by atoms with E-state index in [0.29, 0.717) is 29.2 Å². The Bertz CT molecular complexity index is 1590. The van der Waals surface area contributed by atoms with Crippen LogP contribution in [0.5, 0.6) is 0 Å². The van der Waals surface area contributed by atoms with Crippen molar-refractivity contribution in [2.24, 2.45) is 5.92 Å². The summed E-state index contributed by atoms with van der Waals surface area (Å²) in [6.07, 6.45) is 2.23.